The SMILES string of the molecule is O=C(CS(=O)(=O)c1ccc(Cl)cc1)NCc1ccc(C(F)(F)F)cc1. The fourth-order valence-corrected chi connectivity index (χ4v) is 3.25. The number of alkyl halides is 3. The van der Waals surface area contributed by atoms with Crippen LogP contribution in [0, 0.1) is 0 Å². The molecule has 1 N–H and O–H groups in total. The molecule has 1 amide bonds. The first-order valence-corrected chi connectivity index (χ1v) is 9.02. The molecule has 0 spiro atoms. The van der Waals surface area contributed by atoms with E-state index in [1.54, 1.807) is 0 Å². The van der Waals surface area contributed by atoms with E-state index >= 15 is 0 Å². The highest BCUT2D eigenvalue weighted by atomic mass is 35.5. The summed E-state index contributed by atoms with van der Waals surface area (Å²) in [6, 6.07) is 9.61. The van der Waals surface area contributed by atoms with Gasteiger partial charge in [0.05, 0.1) is 10.5 Å². The van der Waals surface area contributed by atoms with E-state index in [9.17, 15) is 26.4 Å². The number of benzene rings is 2. The molecular weight excluding hydrogens is 379 g/mol. The van der Waals surface area contributed by atoms with Crippen LogP contribution in [0.5, 0.6) is 0 Å². The van der Waals surface area contributed by atoms with Gasteiger partial charge < -0.3 is 5.32 Å². The summed E-state index contributed by atoms with van der Waals surface area (Å²) in [5, 5.41) is 2.74. The number of hydrogen-bond donors (Lipinski definition) is 1. The van der Waals surface area contributed by atoms with Crippen LogP contribution in [0.2, 0.25) is 5.02 Å². The van der Waals surface area contributed by atoms with E-state index in [0.717, 1.165) is 12.1 Å². The van der Waals surface area contributed by atoms with E-state index in [2.05, 4.69) is 5.32 Å². The highest BCUT2D eigenvalue weighted by Gasteiger charge is 2.29. The van der Waals surface area contributed by atoms with Crippen LogP contribution in [0.1, 0.15) is 11.1 Å². The molecule has 0 bridgehead atoms. The van der Waals surface area contributed by atoms with E-state index < -0.39 is 33.2 Å². The van der Waals surface area contributed by atoms with E-state index in [-0.39, 0.29) is 11.4 Å². The van der Waals surface area contributed by atoms with Crippen molar-refractivity contribution in [2.24, 2.45) is 0 Å². The van der Waals surface area contributed by atoms with Crippen LogP contribution in [0.25, 0.3) is 0 Å². The van der Waals surface area contributed by atoms with Gasteiger partial charge in [0.1, 0.15) is 5.75 Å². The molecule has 0 radical (unpaired) electrons. The lowest BCUT2D eigenvalue weighted by Gasteiger charge is -2.09. The Morgan fingerprint density at radius 2 is 1.56 bits per heavy atom. The van der Waals surface area contributed by atoms with E-state index in [4.69, 9.17) is 11.6 Å². The zero-order valence-electron chi connectivity index (χ0n) is 12.7. The summed E-state index contributed by atoms with van der Waals surface area (Å²) in [7, 11) is -3.83. The smallest absolute Gasteiger partial charge is 0.351 e. The lowest BCUT2D eigenvalue weighted by Crippen LogP contribution is -2.29. The molecule has 0 heterocycles. The highest BCUT2D eigenvalue weighted by Crippen LogP contribution is 2.29. The van der Waals surface area contributed by atoms with Crippen molar-refractivity contribution in [3.05, 3.63) is 64.7 Å². The molecule has 2 rings (SSSR count). The number of halogens is 4. The molecule has 0 unspecified atom stereocenters. The van der Waals surface area contributed by atoms with Crippen molar-refractivity contribution >= 4 is 27.3 Å². The molecule has 134 valence electrons. The van der Waals surface area contributed by atoms with Gasteiger partial charge in [0.15, 0.2) is 9.84 Å². The number of amides is 1. The lowest BCUT2D eigenvalue weighted by atomic mass is 10.1. The van der Waals surface area contributed by atoms with Gasteiger partial charge in [0.25, 0.3) is 0 Å². The Bertz CT molecular complexity index is 848. The summed E-state index contributed by atoms with van der Waals surface area (Å²) in [6.45, 7) is -0.0763. The number of carbonyl (C=O) groups excluding carboxylic acids is 1. The Balaban J connectivity index is 1.95. The maximum atomic E-state index is 12.5. The number of hydrogen-bond acceptors (Lipinski definition) is 3. The van der Waals surface area contributed by atoms with Crippen molar-refractivity contribution < 1.29 is 26.4 Å². The first-order chi connectivity index (χ1) is 11.6. The summed E-state index contributed by atoms with van der Waals surface area (Å²) < 4.78 is 61.6. The predicted octanol–water partition coefficient (Wildman–Crippen LogP) is 3.45. The first-order valence-electron chi connectivity index (χ1n) is 6.99. The molecule has 0 aliphatic carbocycles. The molecule has 2 aromatic rings. The Morgan fingerprint density at radius 1 is 1.00 bits per heavy atom. The van der Waals surface area contributed by atoms with Crippen molar-refractivity contribution in [2.45, 2.75) is 17.6 Å². The second kappa shape index (κ2) is 7.45. The average Bonchev–Trinajstić information content (AvgIpc) is 2.52. The molecule has 2 aromatic carbocycles. The normalized spacial score (nSPS) is 12.0. The van der Waals surface area contributed by atoms with Gasteiger partial charge in [-0.15, -0.1) is 0 Å². The number of nitrogens with one attached hydrogen (secondary N) is 1. The van der Waals surface area contributed by atoms with E-state index in [0.29, 0.717) is 10.6 Å². The summed E-state index contributed by atoms with van der Waals surface area (Å²) in [6.07, 6.45) is -4.44. The van der Waals surface area contributed by atoms with Crippen molar-refractivity contribution in [1.29, 1.82) is 0 Å². The van der Waals surface area contributed by atoms with Crippen LogP contribution in [-0.4, -0.2) is 20.1 Å². The molecule has 25 heavy (non-hydrogen) atoms. The van der Waals surface area contributed by atoms with E-state index in [1.807, 2.05) is 0 Å². The van der Waals surface area contributed by atoms with Gasteiger partial charge >= 0.3 is 6.18 Å². The third-order valence-corrected chi connectivity index (χ3v) is 5.15. The Kier molecular flexibility index (Phi) is 5.74. The molecular formula is C16H13ClF3NO3S. The van der Waals surface area contributed by atoms with Gasteiger partial charge in [-0.3, -0.25) is 4.79 Å². The van der Waals surface area contributed by atoms with Gasteiger partial charge in [-0.25, -0.2) is 8.42 Å². The Morgan fingerprint density at radius 3 is 2.08 bits per heavy atom. The second-order valence-electron chi connectivity index (χ2n) is 5.18. The summed E-state index contributed by atoms with van der Waals surface area (Å²) in [5.41, 5.74) is -0.377. The van der Waals surface area contributed by atoms with Crippen molar-refractivity contribution in [2.75, 3.05) is 5.75 Å². The van der Waals surface area contributed by atoms with Crippen LogP contribution in [0.4, 0.5) is 13.2 Å². The zero-order valence-corrected chi connectivity index (χ0v) is 14.3. The summed E-state index contributed by atoms with van der Waals surface area (Å²) in [5.74, 6) is -1.52. The average molecular weight is 392 g/mol. The highest BCUT2D eigenvalue weighted by molar-refractivity contribution is 7.92. The van der Waals surface area contributed by atoms with Gasteiger partial charge in [-0.2, -0.15) is 13.2 Å². The number of carbonyl (C=O) groups is 1. The maximum absolute atomic E-state index is 12.5. The Labute approximate surface area is 147 Å². The van der Waals surface area contributed by atoms with Crippen LogP contribution in [0.3, 0.4) is 0 Å². The third-order valence-electron chi connectivity index (χ3n) is 3.26. The van der Waals surface area contributed by atoms with Gasteiger partial charge in [-0.1, -0.05) is 23.7 Å². The molecule has 0 saturated heterocycles. The molecule has 0 aliphatic heterocycles. The van der Waals surface area contributed by atoms with Gasteiger partial charge in [0.2, 0.25) is 5.91 Å². The molecule has 0 saturated carbocycles. The van der Waals surface area contributed by atoms with Crippen molar-refractivity contribution in [3.8, 4) is 0 Å². The molecule has 0 atom stereocenters. The van der Waals surface area contributed by atoms with Crippen LogP contribution < -0.4 is 5.32 Å². The topological polar surface area (TPSA) is 63.2 Å². The molecule has 9 heteroatoms. The monoisotopic (exact) mass is 391 g/mol. The molecule has 0 aromatic heterocycles. The molecule has 0 fully saturated rings. The van der Waals surface area contributed by atoms with Gasteiger partial charge in [0, 0.05) is 11.6 Å². The lowest BCUT2D eigenvalue weighted by molar-refractivity contribution is -0.137. The summed E-state index contributed by atoms with van der Waals surface area (Å²) in [4.78, 5) is 11.8. The second-order valence-corrected chi connectivity index (χ2v) is 7.61. The fraction of sp³-hybridized carbons (Fsp3) is 0.188. The first kappa shape index (κ1) is 19.3. The Hall–Kier alpha value is -2.06. The predicted molar refractivity (Wildman–Crippen MR) is 86.8 cm³/mol. The van der Waals surface area contributed by atoms with Crippen molar-refractivity contribution in [3.63, 3.8) is 0 Å². The maximum Gasteiger partial charge on any atom is 0.416 e. The minimum atomic E-state index is -4.44. The molecule has 4 nitrogen and oxygen atoms in total. The number of sulfone groups is 1. The van der Waals surface area contributed by atoms with Crippen LogP contribution in [0.15, 0.2) is 53.4 Å². The molecule has 0 aliphatic rings. The fourth-order valence-electron chi connectivity index (χ4n) is 1.96. The van der Waals surface area contributed by atoms with Crippen molar-refractivity contribution in [1.82, 2.24) is 5.32 Å². The quantitative estimate of drug-likeness (QED) is 0.849. The van der Waals surface area contributed by atoms with Crippen LogP contribution >= 0.6 is 11.6 Å². The van der Waals surface area contributed by atoms with Crippen LogP contribution in [-0.2, 0) is 27.4 Å². The minimum Gasteiger partial charge on any atom is -0.351 e. The standard InChI is InChI=1S/C16H13ClF3NO3S/c17-13-5-7-14(8-6-13)25(23,24)10-15(22)21-9-11-1-3-12(4-2-11)16(18,19)20/h1-8H,9-10H2,(H,21,22). The third kappa shape index (κ3) is 5.47. The van der Waals surface area contributed by atoms with E-state index in [1.165, 1.54) is 36.4 Å². The summed E-state index contributed by atoms with van der Waals surface area (Å²) >= 11 is 5.68. The van der Waals surface area contributed by atoms with Gasteiger partial charge in [-0.05, 0) is 42.0 Å². The minimum absolute atomic E-state index is 0.0402. The zero-order chi connectivity index (χ0) is 18.7. The number of rotatable bonds is 5. The largest absolute Gasteiger partial charge is 0.416 e.